The topological polar surface area (TPSA) is 74.7 Å². The van der Waals surface area contributed by atoms with Crippen LogP contribution in [0.1, 0.15) is 20.8 Å². The smallest absolute Gasteiger partial charge is 0.270 e. The van der Waals surface area contributed by atoms with Gasteiger partial charge < -0.3 is 19.7 Å². The Morgan fingerprint density at radius 1 is 1.13 bits per heavy atom. The summed E-state index contributed by atoms with van der Waals surface area (Å²) in [5, 5.41) is 6.90. The molecule has 4 heterocycles. The molecule has 1 aromatic carbocycles. The van der Waals surface area contributed by atoms with Gasteiger partial charge >= 0.3 is 0 Å². The Hall–Kier alpha value is -3.39. The molecule has 0 bridgehead atoms. The summed E-state index contributed by atoms with van der Waals surface area (Å²) in [4.78, 5) is 42.4. The van der Waals surface area contributed by atoms with Crippen molar-refractivity contribution in [3.63, 3.8) is 0 Å². The number of amides is 3. The molecule has 2 aliphatic rings. The van der Waals surface area contributed by atoms with Crippen LogP contribution in [0.4, 0.5) is 5.69 Å². The van der Waals surface area contributed by atoms with Crippen LogP contribution in [-0.4, -0.2) is 57.8 Å². The van der Waals surface area contributed by atoms with E-state index >= 15 is 0 Å². The second-order valence-electron chi connectivity index (χ2n) is 7.53. The van der Waals surface area contributed by atoms with Crippen LogP contribution < -0.4 is 5.32 Å². The van der Waals surface area contributed by atoms with E-state index in [2.05, 4.69) is 5.32 Å². The van der Waals surface area contributed by atoms with Crippen LogP contribution in [0.2, 0.25) is 0 Å². The number of carbonyl (C=O) groups is 3. The van der Waals surface area contributed by atoms with E-state index in [1.165, 1.54) is 0 Å². The van der Waals surface area contributed by atoms with Gasteiger partial charge in [-0.3, -0.25) is 14.4 Å². The van der Waals surface area contributed by atoms with Gasteiger partial charge in [-0.15, -0.1) is 0 Å². The lowest BCUT2D eigenvalue weighted by Gasteiger charge is -2.39. The second kappa shape index (κ2) is 7.14. The van der Waals surface area contributed by atoms with Crippen molar-refractivity contribution in [2.45, 2.75) is 6.04 Å². The lowest BCUT2D eigenvalue weighted by atomic mass is 10.0. The van der Waals surface area contributed by atoms with Gasteiger partial charge in [0.05, 0.1) is 17.8 Å². The Balaban J connectivity index is 1.44. The Morgan fingerprint density at radius 3 is 2.73 bits per heavy atom. The molecule has 30 heavy (non-hydrogen) atoms. The van der Waals surface area contributed by atoms with Gasteiger partial charge in [-0.2, -0.15) is 11.3 Å². The standard InChI is InChI=1S/C22H20N4O3S/c1-24-7-2-3-18(24)22(29)25-8-9-26-19(12-25)20(27)23-17-5-4-14(11-16(17)21(26)28)15-6-10-30-13-15/h2-7,10-11,13,19H,8-9,12H2,1H3,(H,23,27)/t19-/m0/s1. The first-order valence-electron chi connectivity index (χ1n) is 9.72. The van der Waals surface area contributed by atoms with E-state index in [-0.39, 0.29) is 24.3 Å². The van der Waals surface area contributed by atoms with Crippen LogP contribution in [0.25, 0.3) is 11.1 Å². The van der Waals surface area contributed by atoms with Crippen LogP contribution in [-0.2, 0) is 11.8 Å². The van der Waals surface area contributed by atoms with Crippen molar-refractivity contribution in [2.75, 3.05) is 25.0 Å². The van der Waals surface area contributed by atoms with E-state index in [1.807, 2.05) is 48.3 Å². The summed E-state index contributed by atoms with van der Waals surface area (Å²) in [5.41, 5.74) is 3.54. The fourth-order valence-corrected chi connectivity index (χ4v) is 4.75. The molecule has 2 aromatic heterocycles. The number of aryl methyl sites for hydroxylation is 1. The largest absolute Gasteiger partial charge is 0.347 e. The molecule has 2 aliphatic heterocycles. The highest BCUT2D eigenvalue weighted by atomic mass is 32.1. The molecule has 0 unspecified atom stereocenters. The lowest BCUT2D eigenvalue weighted by molar-refractivity contribution is -0.121. The second-order valence-corrected chi connectivity index (χ2v) is 8.31. The fourth-order valence-electron chi connectivity index (χ4n) is 4.09. The highest BCUT2D eigenvalue weighted by molar-refractivity contribution is 7.08. The maximum Gasteiger partial charge on any atom is 0.270 e. The van der Waals surface area contributed by atoms with Crippen LogP contribution in [0.5, 0.6) is 0 Å². The highest BCUT2D eigenvalue weighted by Gasteiger charge is 2.40. The molecule has 8 heteroatoms. The number of benzene rings is 1. The number of nitrogens with one attached hydrogen (secondary N) is 1. The summed E-state index contributed by atoms with van der Waals surface area (Å²) in [6, 6.07) is 10.4. The predicted molar refractivity (Wildman–Crippen MR) is 115 cm³/mol. The van der Waals surface area contributed by atoms with Gasteiger partial charge in [0.2, 0.25) is 5.91 Å². The first-order valence-corrected chi connectivity index (χ1v) is 10.7. The Kier molecular flexibility index (Phi) is 4.43. The SMILES string of the molecule is Cn1cccc1C(=O)N1CCN2C(=O)c3cc(-c4ccsc4)ccc3NC(=O)[C@@H]2C1. The number of hydrogen-bond donors (Lipinski definition) is 1. The van der Waals surface area contributed by atoms with Crippen molar-refractivity contribution in [1.29, 1.82) is 0 Å². The van der Waals surface area contributed by atoms with Gasteiger partial charge in [-0.1, -0.05) is 6.07 Å². The van der Waals surface area contributed by atoms with Gasteiger partial charge in [-0.25, -0.2) is 0 Å². The normalized spacial score (nSPS) is 18.5. The predicted octanol–water partition coefficient (Wildman–Crippen LogP) is 2.67. The van der Waals surface area contributed by atoms with Crippen molar-refractivity contribution < 1.29 is 14.4 Å². The zero-order valence-electron chi connectivity index (χ0n) is 16.4. The molecule has 0 saturated carbocycles. The summed E-state index contributed by atoms with van der Waals surface area (Å²) in [6.07, 6.45) is 1.81. The van der Waals surface area contributed by atoms with E-state index in [0.29, 0.717) is 30.0 Å². The number of hydrogen-bond acceptors (Lipinski definition) is 4. The third-order valence-electron chi connectivity index (χ3n) is 5.76. The zero-order valence-corrected chi connectivity index (χ0v) is 17.2. The molecule has 0 radical (unpaired) electrons. The monoisotopic (exact) mass is 420 g/mol. The number of thiophene rings is 1. The maximum absolute atomic E-state index is 13.3. The number of nitrogens with zero attached hydrogens (tertiary/aromatic N) is 3. The van der Waals surface area contributed by atoms with E-state index in [0.717, 1.165) is 11.1 Å². The van der Waals surface area contributed by atoms with E-state index in [1.54, 1.807) is 37.8 Å². The number of rotatable bonds is 2. The number of aromatic nitrogens is 1. The number of fused-ring (bicyclic) bond motifs is 2. The molecule has 5 rings (SSSR count). The fraction of sp³-hybridized carbons (Fsp3) is 0.227. The first kappa shape index (κ1) is 18.6. The molecule has 1 fully saturated rings. The molecule has 0 aliphatic carbocycles. The van der Waals surface area contributed by atoms with Crippen molar-refractivity contribution in [3.8, 4) is 11.1 Å². The molecule has 3 aromatic rings. The van der Waals surface area contributed by atoms with Gasteiger partial charge in [0.15, 0.2) is 0 Å². The summed E-state index contributed by atoms with van der Waals surface area (Å²) < 4.78 is 1.76. The molecule has 7 nitrogen and oxygen atoms in total. The first-order chi connectivity index (χ1) is 14.5. The van der Waals surface area contributed by atoms with Crippen LogP contribution in [0, 0.1) is 0 Å². The number of piperazine rings is 1. The highest BCUT2D eigenvalue weighted by Crippen LogP contribution is 2.31. The van der Waals surface area contributed by atoms with Crippen molar-refractivity contribution in [1.82, 2.24) is 14.4 Å². The number of anilines is 1. The maximum atomic E-state index is 13.3. The average Bonchev–Trinajstić information content (AvgIpc) is 3.42. The molecule has 0 spiro atoms. The van der Waals surface area contributed by atoms with E-state index < -0.39 is 6.04 Å². The van der Waals surface area contributed by atoms with Crippen LogP contribution in [0.3, 0.4) is 0 Å². The Bertz CT molecular complexity index is 1150. The summed E-state index contributed by atoms with van der Waals surface area (Å²) in [5.74, 6) is -0.588. The third kappa shape index (κ3) is 3.00. The van der Waals surface area contributed by atoms with E-state index in [9.17, 15) is 14.4 Å². The van der Waals surface area contributed by atoms with Gasteiger partial charge in [-0.05, 0) is 52.2 Å². The van der Waals surface area contributed by atoms with Crippen molar-refractivity contribution in [2.24, 2.45) is 7.05 Å². The summed E-state index contributed by atoms with van der Waals surface area (Å²) in [6.45, 7) is 0.876. The molecule has 1 N–H and O–H groups in total. The third-order valence-corrected chi connectivity index (χ3v) is 6.44. The molecule has 152 valence electrons. The molecule has 1 saturated heterocycles. The molecule has 3 amide bonds. The van der Waals surface area contributed by atoms with Crippen LogP contribution in [0.15, 0.2) is 53.4 Å². The van der Waals surface area contributed by atoms with Crippen LogP contribution >= 0.6 is 11.3 Å². The quantitative estimate of drug-likeness (QED) is 0.693. The Labute approximate surface area is 177 Å². The average molecular weight is 420 g/mol. The van der Waals surface area contributed by atoms with Gasteiger partial charge in [0, 0.05) is 26.3 Å². The molecular formula is C22H20N4O3S. The number of carbonyl (C=O) groups excluding carboxylic acids is 3. The summed E-state index contributed by atoms with van der Waals surface area (Å²) in [7, 11) is 1.81. The zero-order chi connectivity index (χ0) is 20.8. The molecule has 1 atom stereocenters. The summed E-state index contributed by atoms with van der Waals surface area (Å²) >= 11 is 1.59. The van der Waals surface area contributed by atoms with Gasteiger partial charge in [0.25, 0.3) is 11.8 Å². The minimum Gasteiger partial charge on any atom is -0.347 e. The van der Waals surface area contributed by atoms with Crippen molar-refractivity contribution >= 4 is 34.7 Å². The minimum absolute atomic E-state index is 0.135. The minimum atomic E-state index is -0.715. The van der Waals surface area contributed by atoms with Gasteiger partial charge in [0.1, 0.15) is 11.7 Å². The van der Waals surface area contributed by atoms with E-state index in [4.69, 9.17) is 0 Å². The lowest BCUT2D eigenvalue weighted by Crippen LogP contribution is -2.59. The Morgan fingerprint density at radius 2 is 2.00 bits per heavy atom. The molecular weight excluding hydrogens is 400 g/mol. The van der Waals surface area contributed by atoms with Crippen molar-refractivity contribution in [3.05, 3.63) is 64.6 Å².